The highest BCUT2D eigenvalue weighted by Gasteiger charge is 2.27. The first kappa shape index (κ1) is 17.2. The summed E-state index contributed by atoms with van der Waals surface area (Å²) in [7, 11) is 4.17. The fraction of sp³-hybridized carbons (Fsp3) is 0.450. The van der Waals surface area contributed by atoms with Gasteiger partial charge in [-0.2, -0.15) is 0 Å². The molecule has 4 heteroatoms. The van der Waals surface area contributed by atoms with Crippen LogP contribution in [0.1, 0.15) is 41.3 Å². The lowest BCUT2D eigenvalue weighted by molar-refractivity contribution is -0.134. The van der Waals surface area contributed by atoms with Crippen molar-refractivity contribution in [1.82, 2.24) is 9.80 Å². The fourth-order valence-corrected chi connectivity index (χ4v) is 4.15. The van der Waals surface area contributed by atoms with Gasteiger partial charge in [0.05, 0.1) is 12.5 Å². The molecule has 128 valence electrons. The van der Waals surface area contributed by atoms with Crippen LogP contribution in [0.15, 0.2) is 41.8 Å². The molecule has 1 unspecified atom stereocenters. The van der Waals surface area contributed by atoms with Gasteiger partial charge in [0.2, 0.25) is 5.91 Å². The summed E-state index contributed by atoms with van der Waals surface area (Å²) in [4.78, 5) is 18.2. The van der Waals surface area contributed by atoms with Gasteiger partial charge in [0.25, 0.3) is 0 Å². The zero-order valence-corrected chi connectivity index (χ0v) is 15.4. The van der Waals surface area contributed by atoms with Crippen LogP contribution < -0.4 is 0 Å². The van der Waals surface area contributed by atoms with Crippen molar-refractivity contribution in [2.75, 3.05) is 20.6 Å². The van der Waals surface area contributed by atoms with Crippen LogP contribution in [0.4, 0.5) is 0 Å². The summed E-state index contributed by atoms with van der Waals surface area (Å²) in [6.45, 7) is 1.83. The highest BCUT2D eigenvalue weighted by atomic mass is 32.1. The van der Waals surface area contributed by atoms with E-state index in [4.69, 9.17) is 0 Å². The highest BCUT2D eigenvalue weighted by Crippen LogP contribution is 2.32. The molecule has 0 saturated carbocycles. The van der Waals surface area contributed by atoms with Crippen LogP contribution in [-0.2, 0) is 17.8 Å². The monoisotopic (exact) mass is 342 g/mol. The van der Waals surface area contributed by atoms with Crippen molar-refractivity contribution in [2.45, 2.75) is 38.3 Å². The first-order valence-electron chi connectivity index (χ1n) is 8.69. The number of hydrogen-bond acceptors (Lipinski definition) is 3. The Balaban J connectivity index is 1.72. The second-order valence-electron chi connectivity index (χ2n) is 6.83. The number of piperidine rings is 1. The zero-order chi connectivity index (χ0) is 16.9. The third-order valence-electron chi connectivity index (χ3n) is 4.59. The third-order valence-corrected chi connectivity index (χ3v) is 5.47. The number of amides is 1. The molecule has 1 atom stereocenters. The Morgan fingerprint density at radius 3 is 2.67 bits per heavy atom. The Kier molecular flexibility index (Phi) is 5.69. The molecule has 1 saturated heterocycles. The molecule has 1 aliphatic heterocycles. The molecule has 1 aliphatic rings. The molecule has 0 radical (unpaired) electrons. The molecule has 3 nitrogen and oxygen atoms in total. The maximum absolute atomic E-state index is 12.8. The number of thiophene rings is 1. The number of carbonyl (C=O) groups excluding carboxylic acids is 1. The highest BCUT2D eigenvalue weighted by molar-refractivity contribution is 7.10. The van der Waals surface area contributed by atoms with Gasteiger partial charge in [-0.05, 0) is 55.9 Å². The van der Waals surface area contributed by atoms with Gasteiger partial charge in [0, 0.05) is 18.0 Å². The maximum atomic E-state index is 12.8. The molecule has 0 aliphatic carbocycles. The van der Waals surface area contributed by atoms with Gasteiger partial charge < -0.3 is 9.80 Å². The molecule has 1 aromatic carbocycles. The number of benzene rings is 1. The summed E-state index contributed by atoms with van der Waals surface area (Å²) in [5.74, 6) is 0.263. The summed E-state index contributed by atoms with van der Waals surface area (Å²) in [5.41, 5.74) is 2.59. The molecule has 1 fully saturated rings. The average molecular weight is 343 g/mol. The Morgan fingerprint density at radius 2 is 2.00 bits per heavy atom. The second-order valence-corrected chi connectivity index (χ2v) is 7.87. The van der Waals surface area contributed by atoms with Crippen LogP contribution >= 0.6 is 11.3 Å². The van der Waals surface area contributed by atoms with E-state index in [1.807, 2.05) is 11.4 Å². The largest absolute Gasteiger partial charge is 0.335 e. The van der Waals surface area contributed by atoms with Crippen molar-refractivity contribution in [1.29, 1.82) is 0 Å². The molecular weight excluding hydrogens is 316 g/mol. The van der Waals surface area contributed by atoms with Crippen molar-refractivity contribution in [2.24, 2.45) is 0 Å². The van der Waals surface area contributed by atoms with E-state index in [1.165, 1.54) is 17.5 Å². The molecule has 1 amide bonds. The van der Waals surface area contributed by atoms with Gasteiger partial charge in [0.15, 0.2) is 0 Å². The molecule has 0 spiro atoms. The first-order valence-corrected chi connectivity index (χ1v) is 9.57. The summed E-state index contributed by atoms with van der Waals surface area (Å²) in [5, 5.41) is 2.04. The van der Waals surface area contributed by atoms with Gasteiger partial charge in [-0.1, -0.05) is 30.3 Å². The zero-order valence-electron chi connectivity index (χ0n) is 14.6. The number of nitrogens with zero attached hydrogens (tertiary/aromatic N) is 2. The topological polar surface area (TPSA) is 23.6 Å². The van der Waals surface area contributed by atoms with Crippen molar-refractivity contribution >= 4 is 17.2 Å². The van der Waals surface area contributed by atoms with Crippen LogP contribution in [0, 0.1) is 0 Å². The predicted octanol–water partition coefficient (Wildman–Crippen LogP) is 4.11. The van der Waals surface area contributed by atoms with E-state index < -0.39 is 0 Å². The molecule has 1 aromatic heterocycles. The van der Waals surface area contributed by atoms with E-state index in [1.54, 1.807) is 11.3 Å². The average Bonchev–Trinajstić information content (AvgIpc) is 3.08. The first-order chi connectivity index (χ1) is 11.6. The van der Waals surface area contributed by atoms with E-state index >= 15 is 0 Å². The van der Waals surface area contributed by atoms with Crippen LogP contribution in [-0.4, -0.2) is 36.3 Å². The number of likely N-dealkylation sites (tertiary alicyclic amines) is 1. The van der Waals surface area contributed by atoms with Crippen molar-refractivity contribution in [3.63, 3.8) is 0 Å². The fourth-order valence-electron chi connectivity index (χ4n) is 3.45. The third kappa shape index (κ3) is 4.25. The van der Waals surface area contributed by atoms with E-state index in [2.05, 4.69) is 54.2 Å². The second kappa shape index (κ2) is 7.95. The standard InChI is InChI=1S/C20H26N2OS/c1-21(2)15-16-8-10-17(11-9-16)19-7-3-4-12-22(19)20(23)14-18-6-5-13-24-18/h5-6,8-11,13,19H,3-4,7,12,14-15H2,1-2H3. The van der Waals surface area contributed by atoms with Crippen LogP contribution in [0.3, 0.4) is 0 Å². The Hall–Kier alpha value is -1.65. The molecule has 2 aromatic rings. The number of carbonyl (C=O) groups is 1. The van der Waals surface area contributed by atoms with Crippen molar-refractivity contribution < 1.29 is 4.79 Å². The van der Waals surface area contributed by atoms with Crippen molar-refractivity contribution in [3.8, 4) is 0 Å². The van der Waals surface area contributed by atoms with Crippen LogP contribution in [0.2, 0.25) is 0 Å². The molecule has 24 heavy (non-hydrogen) atoms. The van der Waals surface area contributed by atoms with E-state index in [9.17, 15) is 4.79 Å². The summed E-state index contributed by atoms with van der Waals surface area (Å²) >= 11 is 1.67. The molecule has 2 heterocycles. The predicted molar refractivity (Wildman–Crippen MR) is 100 cm³/mol. The van der Waals surface area contributed by atoms with E-state index in [-0.39, 0.29) is 11.9 Å². The van der Waals surface area contributed by atoms with Gasteiger partial charge in [0.1, 0.15) is 0 Å². The maximum Gasteiger partial charge on any atom is 0.228 e. The lowest BCUT2D eigenvalue weighted by atomic mass is 9.94. The van der Waals surface area contributed by atoms with Crippen molar-refractivity contribution in [3.05, 3.63) is 57.8 Å². The minimum absolute atomic E-state index is 0.236. The molecular formula is C20H26N2OS. The minimum Gasteiger partial charge on any atom is -0.335 e. The quantitative estimate of drug-likeness (QED) is 0.816. The lowest BCUT2D eigenvalue weighted by Gasteiger charge is -2.36. The van der Waals surface area contributed by atoms with Gasteiger partial charge in [-0.15, -0.1) is 11.3 Å². The SMILES string of the molecule is CN(C)Cc1ccc(C2CCCCN2C(=O)Cc2cccs2)cc1. The summed E-state index contributed by atoms with van der Waals surface area (Å²) in [6, 6.07) is 13.1. The van der Waals surface area contributed by atoms with Gasteiger partial charge in [-0.25, -0.2) is 0 Å². The molecule has 3 rings (SSSR count). The number of rotatable bonds is 5. The minimum atomic E-state index is 0.236. The van der Waals surface area contributed by atoms with E-state index in [0.29, 0.717) is 6.42 Å². The Bertz CT molecular complexity index is 649. The smallest absolute Gasteiger partial charge is 0.228 e. The Morgan fingerprint density at radius 1 is 1.21 bits per heavy atom. The molecule has 0 bridgehead atoms. The van der Waals surface area contributed by atoms with Crippen LogP contribution in [0.25, 0.3) is 0 Å². The summed E-state index contributed by atoms with van der Waals surface area (Å²) < 4.78 is 0. The summed E-state index contributed by atoms with van der Waals surface area (Å²) in [6.07, 6.45) is 3.92. The lowest BCUT2D eigenvalue weighted by Crippen LogP contribution is -2.39. The number of hydrogen-bond donors (Lipinski definition) is 0. The van der Waals surface area contributed by atoms with Gasteiger partial charge >= 0.3 is 0 Å². The van der Waals surface area contributed by atoms with E-state index in [0.717, 1.165) is 30.8 Å². The van der Waals surface area contributed by atoms with Crippen LogP contribution in [0.5, 0.6) is 0 Å². The van der Waals surface area contributed by atoms with Gasteiger partial charge in [-0.3, -0.25) is 4.79 Å². The molecule has 0 N–H and O–H groups in total. The Labute approximate surface area is 148 Å². The normalized spacial score (nSPS) is 18.1.